The normalized spacial score (nSPS) is 29.0. The number of aliphatic hydroxyl groups excluding tert-OH is 1. The quantitative estimate of drug-likeness (QED) is 0.778. The van der Waals surface area contributed by atoms with E-state index in [0.717, 1.165) is 58.5 Å². The number of hydrogen-bond acceptors (Lipinski definition) is 5. The highest BCUT2D eigenvalue weighted by Gasteiger charge is 2.46. The van der Waals surface area contributed by atoms with E-state index in [0.29, 0.717) is 11.0 Å². The number of likely N-dealkylation sites (N-methyl/N-ethyl adjacent to an activating group) is 1. The van der Waals surface area contributed by atoms with Crippen LogP contribution in [0, 0.1) is 5.41 Å². The Labute approximate surface area is 151 Å². The molecule has 0 bridgehead atoms. The van der Waals surface area contributed by atoms with Crippen LogP contribution < -0.4 is 0 Å². The minimum atomic E-state index is -0.276. The van der Waals surface area contributed by atoms with E-state index in [1.807, 2.05) is 4.90 Å². The van der Waals surface area contributed by atoms with Crippen molar-refractivity contribution in [2.45, 2.75) is 44.5 Å². The van der Waals surface area contributed by atoms with Crippen LogP contribution in [-0.4, -0.2) is 96.2 Å². The van der Waals surface area contributed by atoms with E-state index >= 15 is 0 Å². The first-order valence-corrected chi connectivity index (χ1v) is 10.3. The molecule has 2 fully saturated rings. The predicted octanol–water partition coefficient (Wildman–Crippen LogP) is 1.37. The second kappa shape index (κ2) is 8.88. The van der Waals surface area contributed by atoms with Crippen molar-refractivity contribution in [1.29, 1.82) is 0 Å². The first-order chi connectivity index (χ1) is 11.3. The van der Waals surface area contributed by atoms with Crippen LogP contribution in [0.2, 0.25) is 0 Å². The van der Waals surface area contributed by atoms with E-state index in [2.05, 4.69) is 37.7 Å². The number of rotatable bonds is 6. The summed E-state index contributed by atoms with van der Waals surface area (Å²) in [5, 5.41) is 11.2. The fraction of sp³-hybridized carbons (Fsp3) is 0.944. The van der Waals surface area contributed by atoms with Crippen molar-refractivity contribution < 1.29 is 9.90 Å². The summed E-state index contributed by atoms with van der Waals surface area (Å²) in [5.41, 5.74) is -0.124. The van der Waals surface area contributed by atoms with Crippen molar-refractivity contribution in [3.05, 3.63) is 0 Å². The Morgan fingerprint density at radius 3 is 2.75 bits per heavy atom. The number of aliphatic hydroxyl groups is 1. The number of piperidine rings is 2. The van der Waals surface area contributed by atoms with Crippen LogP contribution in [0.5, 0.6) is 0 Å². The Morgan fingerprint density at radius 2 is 2.08 bits per heavy atom. The van der Waals surface area contributed by atoms with E-state index < -0.39 is 0 Å². The van der Waals surface area contributed by atoms with Crippen LogP contribution >= 0.6 is 11.8 Å². The smallest absolute Gasteiger partial charge is 0.232 e. The molecular weight excluding hydrogens is 322 g/mol. The minimum Gasteiger partial charge on any atom is -0.392 e. The Morgan fingerprint density at radius 1 is 1.33 bits per heavy atom. The van der Waals surface area contributed by atoms with Crippen LogP contribution in [0.4, 0.5) is 0 Å². The minimum absolute atomic E-state index is 0.124. The Hall–Kier alpha value is -0.300. The zero-order valence-electron chi connectivity index (χ0n) is 15.8. The highest BCUT2D eigenvalue weighted by molar-refractivity contribution is 8.00. The fourth-order valence-corrected chi connectivity index (χ4v) is 4.53. The van der Waals surface area contributed by atoms with Gasteiger partial charge in [-0.05, 0) is 38.6 Å². The lowest BCUT2D eigenvalue weighted by Gasteiger charge is -2.51. The second-order valence-electron chi connectivity index (χ2n) is 8.02. The third-order valence-corrected chi connectivity index (χ3v) is 6.41. The maximum Gasteiger partial charge on any atom is 0.232 e. The molecular formula is C18H35N3O2S. The van der Waals surface area contributed by atoms with Gasteiger partial charge in [0.15, 0.2) is 0 Å². The first-order valence-electron chi connectivity index (χ1n) is 9.27. The zero-order chi connectivity index (χ0) is 17.7. The van der Waals surface area contributed by atoms with E-state index in [4.69, 9.17) is 0 Å². The lowest BCUT2D eigenvalue weighted by Crippen LogP contribution is -2.60. The van der Waals surface area contributed by atoms with Crippen LogP contribution in [0.3, 0.4) is 0 Å². The molecule has 2 aliphatic heterocycles. The van der Waals surface area contributed by atoms with Gasteiger partial charge in [-0.25, -0.2) is 0 Å². The van der Waals surface area contributed by atoms with Gasteiger partial charge in [-0.3, -0.25) is 4.79 Å². The highest BCUT2D eigenvalue weighted by atomic mass is 32.2. The summed E-state index contributed by atoms with van der Waals surface area (Å²) in [7, 11) is 4.20. The number of thioether (sulfide) groups is 1. The van der Waals surface area contributed by atoms with Crippen molar-refractivity contribution in [3.8, 4) is 0 Å². The van der Waals surface area contributed by atoms with Crippen LogP contribution in [0.15, 0.2) is 0 Å². The van der Waals surface area contributed by atoms with Crippen LogP contribution in [-0.2, 0) is 4.79 Å². The van der Waals surface area contributed by atoms with E-state index in [1.54, 1.807) is 11.8 Å². The van der Waals surface area contributed by atoms with E-state index in [9.17, 15) is 9.90 Å². The van der Waals surface area contributed by atoms with Gasteiger partial charge in [0.1, 0.15) is 0 Å². The van der Waals surface area contributed by atoms with Gasteiger partial charge in [-0.15, -0.1) is 11.8 Å². The highest BCUT2D eigenvalue weighted by Crippen LogP contribution is 2.39. The third kappa shape index (κ3) is 5.35. The second-order valence-corrected chi connectivity index (χ2v) is 9.59. The number of likely N-dealkylation sites (tertiary alicyclic amines) is 2. The van der Waals surface area contributed by atoms with Gasteiger partial charge < -0.3 is 19.8 Å². The van der Waals surface area contributed by atoms with Crippen molar-refractivity contribution in [2.75, 3.05) is 59.1 Å². The van der Waals surface area contributed by atoms with Crippen LogP contribution in [0.1, 0.15) is 33.1 Å². The number of amides is 1. The largest absolute Gasteiger partial charge is 0.392 e. The molecule has 1 spiro atoms. The summed E-state index contributed by atoms with van der Waals surface area (Å²) >= 11 is 1.71. The molecule has 1 amide bonds. The van der Waals surface area contributed by atoms with Gasteiger partial charge >= 0.3 is 0 Å². The van der Waals surface area contributed by atoms with E-state index in [1.165, 1.54) is 0 Å². The maximum atomic E-state index is 12.5. The Bertz CT molecular complexity index is 419. The van der Waals surface area contributed by atoms with Gasteiger partial charge in [0, 0.05) is 44.7 Å². The average Bonchev–Trinajstić information content (AvgIpc) is 2.54. The Balaban J connectivity index is 1.96. The van der Waals surface area contributed by atoms with Gasteiger partial charge in [-0.2, -0.15) is 0 Å². The fourth-order valence-electron chi connectivity index (χ4n) is 3.88. The zero-order valence-corrected chi connectivity index (χ0v) is 16.6. The molecule has 2 aliphatic rings. The molecule has 0 aliphatic carbocycles. The van der Waals surface area contributed by atoms with Crippen LogP contribution in [0.25, 0.3) is 0 Å². The molecule has 2 saturated heterocycles. The van der Waals surface area contributed by atoms with Gasteiger partial charge in [0.2, 0.25) is 5.91 Å². The maximum absolute atomic E-state index is 12.5. The summed E-state index contributed by atoms with van der Waals surface area (Å²) in [5.74, 6) is 0.805. The number of hydrogen-bond donors (Lipinski definition) is 1. The molecule has 5 nitrogen and oxygen atoms in total. The molecule has 2 rings (SSSR count). The first kappa shape index (κ1) is 20.0. The van der Waals surface area contributed by atoms with Crippen molar-refractivity contribution >= 4 is 17.7 Å². The van der Waals surface area contributed by atoms with Crippen molar-refractivity contribution in [3.63, 3.8) is 0 Å². The standard InChI is InChI=1S/C18H35N3O2S/c1-15(2)24-12-17(23)21-8-5-7-18(14-21)13-20(9-6-16(18)22)11-10-19(3)4/h15-16,22H,5-14H2,1-4H3/t16-,18-/m1/s1. The number of carbonyl (C=O) groups excluding carboxylic acids is 1. The SMILES string of the molecule is CC(C)SCC(=O)N1CCC[C@@]2(CN(CCN(C)C)CC[C@H]2O)C1. The molecule has 24 heavy (non-hydrogen) atoms. The lowest BCUT2D eigenvalue weighted by molar-refractivity contribution is -0.138. The molecule has 0 aromatic heterocycles. The number of carbonyl (C=O) groups is 1. The van der Waals surface area contributed by atoms with Crippen molar-refractivity contribution in [1.82, 2.24) is 14.7 Å². The van der Waals surface area contributed by atoms with Gasteiger partial charge in [0.25, 0.3) is 0 Å². The lowest BCUT2D eigenvalue weighted by atomic mass is 9.71. The molecule has 0 aromatic carbocycles. The average molecular weight is 358 g/mol. The summed E-state index contributed by atoms with van der Waals surface area (Å²) in [6.07, 6.45) is 2.60. The molecule has 1 N–H and O–H groups in total. The summed E-state index contributed by atoms with van der Waals surface area (Å²) < 4.78 is 0. The molecule has 2 atom stereocenters. The monoisotopic (exact) mass is 357 g/mol. The van der Waals surface area contributed by atoms with Gasteiger partial charge in [-0.1, -0.05) is 13.8 Å². The van der Waals surface area contributed by atoms with Crippen molar-refractivity contribution in [2.24, 2.45) is 5.41 Å². The molecule has 0 saturated carbocycles. The molecule has 0 unspecified atom stereocenters. The molecule has 6 heteroatoms. The predicted molar refractivity (Wildman–Crippen MR) is 101 cm³/mol. The molecule has 2 heterocycles. The number of nitrogens with zero attached hydrogens (tertiary/aromatic N) is 3. The van der Waals surface area contributed by atoms with Gasteiger partial charge in [0.05, 0.1) is 11.9 Å². The summed E-state index contributed by atoms with van der Waals surface area (Å²) in [6.45, 7) is 9.80. The summed E-state index contributed by atoms with van der Waals surface area (Å²) in [6, 6.07) is 0. The molecule has 0 radical (unpaired) electrons. The topological polar surface area (TPSA) is 47.0 Å². The third-order valence-electron chi connectivity index (χ3n) is 5.33. The Kier molecular flexibility index (Phi) is 7.40. The summed E-state index contributed by atoms with van der Waals surface area (Å²) in [4.78, 5) is 19.2. The molecule has 140 valence electrons. The molecule has 0 aromatic rings. The van der Waals surface area contributed by atoms with E-state index in [-0.39, 0.29) is 17.4 Å².